The largest absolute Gasteiger partial charge is 0.389 e. The zero-order valence-corrected chi connectivity index (χ0v) is 14.9. The summed E-state index contributed by atoms with van der Waals surface area (Å²) in [6, 6.07) is 6.47. The van der Waals surface area contributed by atoms with Gasteiger partial charge in [-0.1, -0.05) is 6.58 Å². The Balaban J connectivity index is 1.81. The van der Waals surface area contributed by atoms with Crippen LogP contribution in [0, 0.1) is 5.82 Å². The van der Waals surface area contributed by atoms with Crippen LogP contribution >= 0.6 is 0 Å². The van der Waals surface area contributed by atoms with E-state index in [-0.39, 0.29) is 5.82 Å². The first-order valence-electron chi connectivity index (χ1n) is 8.72. The summed E-state index contributed by atoms with van der Waals surface area (Å²) in [5, 5.41) is 19.3. The molecule has 0 saturated carbocycles. The van der Waals surface area contributed by atoms with Crippen LogP contribution < -0.4 is 0 Å². The van der Waals surface area contributed by atoms with Crippen molar-refractivity contribution in [2.75, 3.05) is 0 Å². The SMILES string of the molecule is C=C(c1cc2n(n1)CCC2)c1cn(C)nc1-c1ccc(F)cc1[C@@H](C)O. The number of fused-ring (bicyclic) bond motifs is 1. The zero-order chi connectivity index (χ0) is 18.4. The van der Waals surface area contributed by atoms with Crippen molar-refractivity contribution in [3.63, 3.8) is 0 Å². The number of benzene rings is 1. The standard InChI is InChI=1S/C20H21FN4O/c1-12(19-10-15-5-4-8-25(15)22-19)18-11-24(3)23-20(18)16-7-6-14(21)9-17(16)13(2)26/h6-7,9-11,13,26H,1,4-5,8H2,2-3H3/t13-/m1/s1. The van der Waals surface area contributed by atoms with Crippen LogP contribution in [0.2, 0.25) is 0 Å². The highest BCUT2D eigenvalue weighted by Crippen LogP contribution is 2.35. The Hall–Kier alpha value is -2.73. The first kappa shape index (κ1) is 16.7. The van der Waals surface area contributed by atoms with Crippen molar-refractivity contribution in [1.29, 1.82) is 0 Å². The third kappa shape index (κ3) is 2.76. The minimum absolute atomic E-state index is 0.383. The molecule has 134 valence electrons. The van der Waals surface area contributed by atoms with Crippen molar-refractivity contribution in [2.45, 2.75) is 32.4 Å². The van der Waals surface area contributed by atoms with E-state index in [0.29, 0.717) is 16.8 Å². The summed E-state index contributed by atoms with van der Waals surface area (Å²) in [5.74, 6) is -0.383. The highest BCUT2D eigenvalue weighted by atomic mass is 19.1. The fourth-order valence-corrected chi connectivity index (χ4v) is 3.55. The lowest BCUT2D eigenvalue weighted by Gasteiger charge is -2.12. The molecule has 3 heterocycles. The molecule has 0 fully saturated rings. The predicted octanol–water partition coefficient (Wildman–Crippen LogP) is 3.48. The van der Waals surface area contributed by atoms with Gasteiger partial charge in [0.1, 0.15) is 11.5 Å². The van der Waals surface area contributed by atoms with Crippen LogP contribution in [0.3, 0.4) is 0 Å². The van der Waals surface area contributed by atoms with Gasteiger partial charge in [-0.3, -0.25) is 9.36 Å². The summed E-state index contributed by atoms with van der Waals surface area (Å²) in [4.78, 5) is 0. The van der Waals surface area contributed by atoms with E-state index in [4.69, 9.17) is 0 Å². The molecule has 1 aromatic carbocycles. The van der Waals surface area contributed by atoms with Crippen molar-refractivity contribution in [1.82, 2.24) is 19.6 Å². The molecular formula is C20H21FN4O. The number of rotatable bonds is 4. The molecule has 4 rings (SSSR count). The molecule has 0 amide bonds. The summed E-state index contributed by atoms with van der Waals surface area (Å²) in [6.07, 6.45) is 3.24. The molecular weight excluding hydrogens is 331 g/mol. The van der Waals surface area contributed by atoms with Gasteiger partial charge in [0.2, 0.25) is 0 Å². The molecule has 1 atom stereocenters. The predicted molar refractivity (Wildman–Crippen MR) is 97.9 cm³/mol. The van der Waals surface area contributed by atoms with Gasteiger partial charge in [-0.2, -0.15) is 10.2 Å². The van der Waals surface area contributed by atoms with Gasteiger partial charge in [0.05, 0.1) is 11.8 Å². The van der Waals surface area contributed by atoms with Crippen molar-refractivity contribution >= 4 is 5.57 Å². The molecule has 3 aromatic rings. The Morgan fingerprint density at radius 3 is 2.85 bits per heavy atom. The maximum Gasteiger partial charge on any atom is 0.123 e. The number of hydrogen-bond donors (Lipinski definition) is 1. The van der Waals surface area contributed by atoms with E-state index in [1.54, 1.807) is 17.7 Å². The third-order valence-electron chi connectivity index (χ3n) is 4.85. The fourth-order valence-electron chi connectivity index (χ4n) is 3.55. The molecule has 0 spiro atoms. The van der Waals surface area contributed by atoms with Gasteiger partial charge in [-0.15, -0.1) is 0 Å². The lowest BCUT2D eigenvalue weighted by molar-refractivity contribution is 0.199. The van der Waals surface area contributed by atoms with E-state index in [9.17, 15) is 9.50 Å². The molecule has 6 heteroatoms. The van der Waals surface area contributed by atoms with Crippen LogP contribution in [-0.2, 0) is 20.0 Å². The summed E-state index contributed by atoms with van der Waals surface area (Å²) in [6.45, 7) is 6.79. The maximum absolute atomic E-state index is 13.7. The van der Waals surface area contributed by atoms with Crippen molar-refractivity contribution in [2.24, 2.45) is 7.05 Å². The van der Waals surface area contributed by atoms with Gasteiger partial charge < -0.3 is 5.11 Å². The number of aryl methyl sites for hydroxylation is 3. The first-order chi connectivity index (χ1) is 12.4. The molecule has 0 bridgehead atoms. The number of aliphatic hydroxyl groups excluding tert-OH is 1. The van der Waals surface area contributed by atoms with E-state index in [0.717, 1.165) is 36.2 Å². The molecule has 0 saturated heterocycles. The fraction of sp³-hybridized carbons (Fsp3) is 0.300. The Morgan fingerprint density at radius 2 is 2.12 bits per heavy atom. The van der Waals surface area contributed by atoms with E-state index in [1.807, 2.05) is 17.9 Å². The molecule has 1 aliphatic heterocycles. The minimum atomic E-state index is -0.805. The Bertz CT molecular complexity index is 978. The second kappa shape index (κ2) is 6.21. The van der Waals surface area contributed by atoms with Crippen molar-refractivity contribution in [3.8, 4) is 11.3 Å². The smallest absolute Gasteiger partial charge is 0.123 e. The molecule has 1 N–H and O–H groups in total. The molecule has 0 radical (unpaired) electrons. The minimum Gasteiger partial charge on any atom is -0.389 e. The summed E-state index contributed by atoms with van der Waals surface area (Å²) in [5.41, 5.74) is 5.53. The van der Waals surface area contributed by atoms with Gasteiger partial charge in [0.25, 0.3) is 0 Å². The monoisotopic (exact) mass is 352 g/mol. The number of hydrogen-bond acceptors (Lipinski definition) is 3. The maximum atomic E-state index is 13.7. The molecule has 2 aromatic heterocycles. The van der Waals surface area contributed by atoms with Gasteiger partial charge in [0.15, 0.2) is 0 Å². The molecule has 5 nitrogen and oxygen atoms in total. The van der Waals surface area contributed by atoms with Crippen LogP contribution in [0.4, 0.5) is 4.39 Å². The summed E-state index contributed by atoms with van der Waals surface area (Å²) >= 11 is 0. The average molecular weight is 352 g/mol. The molecule has 0 unspecified atom stereocenters. The van der Waals surface area contributed by atoms with E-state index in [1.165, 1.54) is 17.8 Å². The van der Waals surface area contributed by atoms with Crippen LogP contribution in [0.25, 0.3) is 16.8 Å². The van der Waals surface area contributed by atoms with Crippen LogP contribution in [0.1, 0.15) is 42.0 Å². The number of aromatic nitrogens is 4. The number of halogens is 1. The van der Waals surface area contributed by atoms with E-state index >= 15 is 0 Å². The van der Waals surface area contributed by atoms with Crippen LogP contribution in [0.5, 0.6) is 0 Å². The third-order valence-corrected chi connectivity index (χ3v) is 4.85. The molecule has 0 aliphatic carbocycles. The van der Waals surface area contributed by atoms with E-state index < -0.39 is 6.10 Å². The zero-order valence-electron chi connectivity index (χ0n) is 14.9. The van der Waals surface area contributed by atoms with E-state index in [2.05, 4.69) is 22.8 Å². The van der Waals surface area contributed by atoms with Gasteiger partial charge >= 0.3 is 0 Å². The van der Waals surface area contributed by atoms with Crippen molar-refractivity contribution in [3.05, 3.63) is 65.4 Å². The van der Waals surface area contributed by atoms with Crippen molar-refractivity contribution < 1.29 is 9.50 Å². The summed E-state index contributed by atoms with van der Waals surface area (Å²) < 4.78 is 17.4. The van der Waals surface area contributed by atoms with Gasteiger partial charge in [-0.25, -0.2) is 4.39 Å². The number of aliphatic hydroxyl groups is 1. The lowest BCUT2D eigenvalue weighted by Crippen LogP contribution is -1.99. The van der Waals surface area contributed by atoms with Gasteiger partial charge in [0, 0.05) is 42.2 Å². The normalized spacial score (nSPS) is 14.5. The quantitative estimate of drug-likeness (QED) is 0.782. The molecule has 26 heavy (non-hydrogen) atoms. The lowest BCUT2D eigenvalue weighted by atomic mass is 9.95. The second-order valence-corrected chi connectivity index (χ2v) is 6.80. The highest BCUT2D eigenvalue weighted by molar-refractivity contribution is 5.85. The average Bonchev–Trinajstić information content (AvgIpc) is 3.28. The Kier molecular flexibility index (Phi) is 4.00. The highest BCUT2D eigenvalue weighted by Gasteiger charge is 2.22. The first-order valence-corrected chi connectivity index (χ1v) is 8.72. The van der Waals surface area contributed by atoms with Crippen LogP contribution in [0.15, 0.2) is 37.0 Å². The number of nitrogens with zero attached hydrogens (tertiary/aromatic N) is 4. The molecule has 1 aliphatic rings. The Labute approximate surface area is 151 Å². The second-order valence-electron chi connectivity index (χ2n) is 6.80. The summed E-state index contributed by atoms with van der Waals surface area (Å²) in [7, 11) is 1.83. The van der Waals surface area contributed by atoms with Crippen LogP contribution in [-0.4, -0.2) is 24.7 Å². The van der Waals surface area contributed by atoms with Gasteiger partial charge in [-0.05, 0) is 49.6 Å². The Morgan fingerprint density at radius 1 is 1.31 bits per heavy atom. The topological polar surface area (TPSA) is 55.9 Å².